The van der Waals surface area contributed by atoms with Gasteiger partial charge in [-0.15, -0.1) is 0 Å². The number of hydrogen-bond acceptors (Lipinski definition) is 4. The van der Waals surface area contributed by atoms with Crippen molar-refractivity contribution in [1.82, 2.24) is 0 Å². The Morgan fingerprint density at radius 3 is 3.00 bits per heavy atom. The average Bonchev–Trinajstić information content (AvgIpc) is 2.26. The van der Waals surface area contributed by atoms with Gasteiger partial charge in [-0.2, -0.15) is 0 Å². The molecule has 0 saturated heterocycles. The summed E-state index contributed by atoms with van der Waals surface area (Å²) >= 11 is 0. The van der Waals surface area contributed by atoms with Crippen LogP contribution in [0.25, 0.3) is 0 Å². The quantitative estimate of drug-likeness (QED) is 0.692. The maximum atomic E-state index is 11.0. The maximum absolute atomic E-state index is 11.0. The van der Waals surface area contributed by atoms with Crippen LogP contribution < -0.4 is 15.8 Å². The molecule has 86 valence electrons. The van der Waals surface area contributed by atoms with Crippen LogP contribution in [0.1, 0.15) is 17.3 Å². The zero-order chi connectivity index (χ0) is 11.7. The second-order valence-corrected chi connectivity index (χ2v) is 3.81. The molecular weight excluding hydrogens is 208 g/mol. The average molecular weight is 222 g/mol. The first kappa shape index (κ1) is 10.8. The summed E-state index contributed by atoms with van der Waals surface area (Å²) in [5.41, 5.74) is 6.43. The molecule has 0 saturated carbocycles. The van der Waals surface area contributed by atoms with Gasteiger partial charge in [-0.1, -0.05) is 6.07 Å². The van der Waals surface area contributed by atoms with Crippen LogP contribution in [0.2, 0.25) is 0 Å². The summed E-state index contributed by atoms with van der Waals surface area (Å²) in [5.74, 6) is -0.618. The molecule has 0 fully saturated rings. The molecule has 1 aromatic carbocycles. The number of benzene rings is 1. The fourth-order valence-corrected chi connectivity index (χ4v) is 1.79. The molecule has 0 aromatic heterocycles. The van der Waals surface area contributed by atoms with Crippen molar-refractivity contribution in [2.45, 2.75) is 19.1 Å². The van der Waals surface area contributed by atoms with E-state index in [1.165, 1.54) is 6.07 Å². The summed E-state index contributed by atoms with van der Waals surface area (Å²) in [6.45, 7) is 2.30. The molecule has 1 heterocycles. The summed E-state index contributed by atoms with van der Waals surface area (Å²) in [4.78, 5) is 11.0. The molecule has 0 aliphatic carbocycles. The number of carboxylic acid groups (broad SMARTS) is 1. The van der Waals surface area contributed by atoms with Crippen LogP contribution in [-0.4, -0.2) is 29.8 Å². The van der Waals surface area contributed by atoms with Gasteiger partial charge in [0.2, 0.25) is 0 Å². The standard InChI is InChI=1S/C11H14N2O3/c1-6-9(5-12)16-10-7(11(14)15)3-2-4-8(10)13-6/h2-4,6,9,13H,5,12H2,1H3,(H,14,15). The predicted molar refractivity (Wildman–Crippen MR) is 60.0 cm³/mol. The summed E-state index contributed by atoms with van der Waals surface area (Å²) in [5, 5.41) is 12.2. The van der Waals surface area contributed by atoms with Gasteiger partial charge in [-0.05, 0) is 19.1 Å². The molecule has 16 heavy (non-hydrogen) atoms. The minimum atomic E-state index is -0.996. The first-order valence-corrected chi connectivity index (χ1v) is 5.13. The molecule has 2 atom stereocenters. The van der Waals surface area contributed by atoms with Gasteiger partial charge < -0.3 is 20.9 Å². The lowest BCUT2D eigenvalue weighted by atomic mass is 10.1. The van der Waals surface area contributed by atoms with Gasteiger partial charge in [0.15, 0.2) is 5.75 Å². The van der Waals surface area contributed by atoms with E-state index in [4.69, 9.17) is 15.6 Å². The van der Waals surface area contributed by atoms with E-state index in [2.05, 4.69) is 5.32 Å². The summed E-state index contributed by atoms with van der Waals surface area (Å²) in [6, 6.07) is 5.08. The number of carboxylic acids is 1. The minimum Gasteiger partial charge on any atom is -0.484 e. The van der Waals surface area contributed by atoms with Crippen LogP contribution in [0.5, 0.6) is 5.75 Å². The molecule has 2 rings (SSSR count). The number of aromatic carboxylic acids is 1. The fourth-order valence-electron chi connectivity index (χ4n) is 1.79. The Morgan fingerprint density at radius 2 is 2.38 bits per heavy atom. The SMILES string of the molecule is CC1Nc2cccc(C(=O)O)c2OC1CN. The van der Waals surface area contributed by atoms with Crippen molar-refractivity contribution in [3.63, 3.8) is 0 Å². The molecule has 2 unspecified atom stereocenters. The third kappa shape index (κ3) is 1.69. The lowest BCUT2D eigenvalue weighted by Gasteiger charge is -2.32. The Hall–Kier alpha value is -1.75. The van der Waals surface area contributed by atoms with Gasteiger partial charge in [0.05, 0.1) is 11.7 Å². The monoisotopic (exact) mass is 222 g/mol. The number of carbonyl (C=O) groups is 1. The van der Waals surface area contributed by atoms with Crippen LogP contribution >= 0.6 is 0 Å². The number of hydrogen-bond donors (Lipinski definition) is 3. The molecule has 0 radical (unpaired) electrons. The van der Waals surface area contributed by atoms with E-state index in [1.807, 2.05) is 6.92 Å². The molecular formula is C11H14N2O3. The fraction of sp³-hybridized carbons (Fsp3) is 0.364. The third-order valence-electron chi connectivity index (χ3n) is 2.69. The molecule has 0 bridgehead atoms. The minimum absolute atomic E-state index is 0.0709. The van der Waals surface area contributed by atoms with Gasteiger partial charge in [0.25, 0.3) is 0 Å². The lowest BCUT2D eigenvalue weighted by Crippen LogP contribution is -2.44. The van der Waals surface area contributed by atoms with Crippen LogP contribution in [0.15, 0.2) is 18.2 Å². The number of rotatable bonds is 2. The van der Waals surface area contributed by atoms with E-state index in [0.717, 1.165) is 0 Å². The van der Waals surface area contributed by atoms with Crippen molar-refractivity contribution in [3.05, 3.63) is 23.8 Å². The molecule has 1 aliphatic rings. The number of nitrogens with one attached hydrogen (secondary N) is 1. The van der Waals surface area contributed by atoms with Crippen molar-refractivity contribution in [3.8, 4) is 5.75 Å². The van der Waals surface area contributed by atoms with Crippen molar-refractivity contribution < 1.29 is 14.6 Å². The molecule has 0 amide bonds. The summed E-state index contributed by atoms with van der Waals surface area (Å²) in [7, 11) is 0. The third-order valence-corrected chi connectivity index (χ3v) is 2.69. The highest BCUT2D eigenvalue weighted by molar-refractivity contribution is 5.93. The Balaban J connectivity index is 2.43. The molecule has 1 aliphatic heterocycles. The number of anilines is 1. The van der Waals surface area contributed by atoms with E-state index in [1.54, 1.807) is 12.1 Å². The Labute approximate surface area is 93.2 Å². The number of fused-ring (bicyclic) bond motifs is 1. The van der Waals surface area contributed by atoms with E-state index in [9.17, 15) is 4.79 Å². The van der Waals surface area contributed by atoms with E-state index < -0.39 is 5.97 Å². The van der Waals surface area contributed by atoms with Gasteiger partial charge in [0, 0.05) is 6.54 Å². The Kier molecular flexibility index (Phi) is 2.70. The number of nitrogens with two attached hydrogens (primary N) is 1. The smallest absolute Gasteiger partial charge is 0.339 e. The van der Waals surface area contributed by atoms with Crippen molar-refractivity contribution in [2.75, 3.05) is 11.9 Å². The van der Waals surface area contributed by atoms with Crippen LogP contribution in [0.3, 0.4) is 0 Å². The largest absolute Gasteiger partial charge is 0.484 e. The van der Waals surface area contributed by atoms with Gasteiger partial charge in [-0.25, -0.2) is 4.79 Å². The molecule has 0 spiro atoms. The molecule has 5 nitrogen and oxygen atoms in total. The van der Waals surface area contributed by atoms with E-state index >= 15 is 0 Å². The maximum Gasteiger partial charge on any atom is 0.339 e. The van der Waals surface area contributed by atoms with Gasteiger partial charge >= 0.3 is 5.97 Å². The zero-order valence-electron chi connectivity index (χ0n) is 8.93. The Morgan fingerprint density at radius 1 is 1.62 bits per heavy atom. The first-order chi connectivity index (χ1) is 7.63. The van der Waals surface area contributed by atoms with E-state index in [0.29, 0.717) is 18.0 Å². The molecule has 1 aromatic rings. The van der Waals surface area contributed by atoms with Crippen molar-refractivity contribution in [2.24, 2.45) is 5.73 Å². The second kappa shape index (κ2) is 4.02. The van der Waals surface area contributed by atoms with Gasteiger partial charge in [0.1, 0.15) is 11.7 Å². The van der Waals surface area contributed by atoms with Crippen molar-refractivity contribution >= 4 is 11.7 Å². The highest BCUT2D eigenvalue weighted by Crippen LogP contribution is 2.34. The predicted octanol–water partition coefficient (Wildman–Crippen LogP) is 0.905. The highest BCUT2D eigenvalue weighted by Gasteiger charge is 2.28. The normalized spacial score (nSPS) is 22.9. The lowest BCUT2D eigenvalue weighted by molar-refractivity contribution is 0.0687. The molecule has 5 heteroatoms. The first-order valence-electron chi connectivity index (χ1n) is 5.13. The Bertz CT molecular complexity index is 420. The van der Waals surface area contributed by atoms with Crippen LogP contribution in [0, 0.1) is 0 Å². The second-order valence-electron chi connectivity index (χ2n) is 3.81. The van der Waals surface area contributed by atoms with E-state index in [-0.39, 0.29) is 17.7 Å². The molecule has 4 N–H and O–H groups in total. The summed E-state index contributed by atoms with van der Waals surface area (Å²) in [6.07, 6.45) is -0.201. The van der Waals surface area contributed by atoms with Gasteiger partial charge in [-0.3, -0.25) is 0 Å². The summed E-state index contributed by atoms with van der Waals surface area (Å²) < 4.78 is 5.62. The topological polar surface area (TPSA) is 84.6 Å². The highest BCUT2D eigenvalue weighted by atomic mass is 16.5. The van der Waals surface area contributed by atoms with Crippen LogP contribution in [0.4, 0.5) is 5.69 Å². The van der Waals surface area contributed by atoms with Crippen LogP contribution in [-0.2, 0) is 0 Å². The zero-order valence-corrected chi connectivity index (χ0v) is 8.93. The number of ether oxygens (including phenoxy) is 1. The van der Waals surface area contributed by atoms with Crippen molar-refractivity contribution in [1.29, 1.82) is 0 Å². The number of para-hydroxylation sites is 1.